The van der Waals surface area contributed by atoms with Gasteiger partial charge in [0.2, 0.25) is 0 Å². The van der Waals surface area contributed by atoms with Gasteiger partial charge in [-0.1, -0.05) is 57.7 Å². The average molecular weight is 502 g/mol. The lowest BCUT2D eigenvalue weighted by Gasteiger charge is -2.26. The molecule has 2 heterocycles. The number of aromatic nitrogens is 2. The van der Waals surface area contributed by atoms with Crippen LogP contribution >= 0.6 is 0 Å². The molecule has 1 fully saturated rings. The number of likely N-dealkylation sites (tertiary alicyclic amines) is 1. The van der Waals surface area contributed by atoms with Crippen molar-refractivity contribution in [2.24, 2.45) is 5.41 Å². The van der Waals surface area contributed by atoms with Crippen molar-refractivity contribution in [1.82, 2.24) is 14.7 Å². The van der Waals surface area contributed by atoms with Crippen molar-refractivity contribution in [3.8, 4) is 5.88 Å². The van der Waals surface area contributed by atoms with Gasteiger partial charge in [-0.25, -0.2) is 0 Å². The Hall–Kier alpha value is -2.58. The standard InChI is InChI=1S/C27H39N3O4S/c1-20(33-6)10-11-22-12-14-23(15-13-22)24-9-8-16-29(24)17-18-30-25(19-27(3,4)5)21(2)26(28-30)34-35(7,31)32/h10-15,24H,1,8-9,16-19H2,2-7H3. The third kappa shape index (κ3) is 7.70. The fourth-order valence-corrected chi connectivity index (χ4v) is 4.92. The van der Waals surface area contributed by atoms with E-state index in [0.717, 1.165) is 55.4 Å². The number of allylic oxidation sites excluding steroid dienone is 1. The van der Waals surface area contributed by atoms with Crippen molar-refractivity contribution in [3.05, 3.63) is 65.1 Å². The fraction of sp³-hybridized carbons (Fsp3) is 0.519. The van der Waals surface area contributed by atoms with Crippen molar-refractivity contribution in [3.63, 3.8) is 0 Å². The van der Waals surface area contributed by atoms with E-state index in [1.54, 1.807) is 7.11 Å². The molecule has 1 aromatic carbocycles. The van der Waals surface area contributed by atoms with Crippen molar-refractivity contribution in [1.29, 1.82) is 0 Å². The molecule has 0 N–H and O–H groups in total. The number of hydrogen-bond acceptors (Lipinski definition) is 6. The van der Waals surface area contributed by atoms with E-state index < -0.39 is 10.1 Å². The van der Waals surface area contributed by atoms with Crippen LogP contribution in [0.25, 0.3) is 6.08 Å². The summed E-state index contributed by atoms with van der Waals surface area (Å²) in [6.45, 7) is 14.7. The Bertz CT molecular complexity index is 1160. The molecule has 0 saturated carbocycles. The number of hydrogen-bond donors (Lipinski definition) is 0. The summed E-state index contributed by atoms with van der Waals surface area (Å²) < 4.78 is 35.7. The van der Waals surface area contributed by atoms with E-state index in [9.17, 15) is 8.42 Å². The Labute approximate surface area is 210 Å². The quantitative estimate of drug-likeness (QED) is 0.255. The van der Waals surface area contributed by atoms with Crippen LogP contribution in [0.5, 0.6) is 5.88 Å². The third-order valence-corrected chi connectivity index (χ3v) is 6.67. The van der Waals surface area contributed by atoms with Gasteiger partial charge in [0.1, 0.15) is 5.76 Å². The molecule has 1 aliphatic heterocycles. The molecule has 2 aromatic rings. The molecule has 1 saturated heterocycles. The van der Waals surface area contributed by atoms with Crippen LogP contribution in [0.4, 0.5) is 0 Å². The Morgan fingerprint density at radius 1 is 1.23 bits per heavy atom. The molecule has 0 amide bonds. The van der Waals surface area contributed by atoms with Crippen molar-refractivity contribution >= 4 is 16.2 Å². The molecule has 35 heavy (non-hydrogen) atoms. The largest absolute Gasteiger partial charge is 0.497 e. The van der Waals surface area contributed by atoms with Gasteiger partial charge in [0.05, 0.1) is 19.9 Å². The molecular weight excluding hydrogens is 462 g/mol. The molecule has 1 unspecified atom stereocenters. The van der Waals surface area contributed by atoms with Gasteiger partial charge in [-0.15, -0.1) is 5.10 Å². The van der Waals surface area contributed by atoms with E-state index >= 15 is 0 Å². The van der Waals surface area contributed by atoms with Gasteiger partial charge >= 0.3 is 10.1 Å². The van der Waals surface area contributed by atoms with E-state index in [1.165, 1.54) is 5.56 Å². The fourth-order valence-electron chi connectivity index (χ4n) is 4.48. The van der Waals surface area contributed by atoms with Gasteiger partial charge in [0.25, 0.3) is 5.88 Å². The predicted molar refractivity (Wildman–Crippen MR) is 141 cm³/mol. The molecule has 7 nitrogen and oxygen atoms in total. The van der Waals surface area contributed by atoms with Crippen LogP contribution in [0.15, 0.2) is 42.7 Å². The van der Waals surface area contributed by atoms with E-state index in [0.29, 0.717) is 18.3 Å². The summed E-state index contributed by atoms with van der Waals surface area (Å²) in [5, 5.41) is 4.55. The molecule has 1 aromatic heterocycles. The minimum absolute atomic E-state index is 0.0346. The van der Waals surface area contributed by atoms with Crippen molar-refractivity contribution < 1.29 is 17.3 Å². The Balaban J connectivity index is 1.75. The first-order chi connectivity index (χ1) is 16.4. The number of methoxy groups -OCH3 is 1. The zero-order chi connectivity index (χ0) is 25.8. The molecule has 1 aliphatic rings. The summed E-state index contributed by atoms with van der Waals surface area (Å²) >= 11 is 0. The van der Waals surface area contributed by atoms with E-state index in [1.807, 2.05) is 23.8 Å². The Morgan fingerprint density at radius 2 is 1.91 bits per heavy atom. The molecule has 0 spiro atoms. The van der Waals surface area contributed by atoms with E-state index in [-0.39, 0.29) is 11.3 Å². The Morgan fingerprint density at radius 3 is 2.51 bits per heavy atom. The van der Waals surface area contributed by atoms with Crippen LogP contribution < -0.4 is 4.18 Å². The van der Waals surface area contributed by atoms with Gasteiger partial charge in [-0.2, -0.15) is 8.42 Å². The molecular formula is C27H39N3O4S. The first kappa shape index (κ1) is 27.0. The third-order valence-electron chi connectivity index (χ3n) is 6.21. The molecule has 8 heteroatoms. The highest BCUT2D eigenvalue weighted by molar-refractivity contribution is 7.86. The summed E-state index contributed by atoms with van der Waals surface area (Å²) in [6.07, 6.45) is 7.96. The minimum Gasteiger partial charge on any atom is -0.497 e. The highest BCUT2D eigenvalue weighted by Crippen LogP contribution is 2.33. The summed E-state index contributed by atoms with van der Waals surface area (Å²) in [5.41, 5.74) is 4.27. The lowest BCUT2D eigenvalue weighted by atomic mass is 9.89. The van der Waals surface area contributed by atoms with Gasteiger partial charge in [0, 0.05) is 23.8 Å². The van der Waals surface area contributed by atoms with Crippen LogP contribution in [-0.2, 0) is 27.8 Å². The van der Waals surface area contributed by atoms with Crippen LogP contribution in [0.2, 0.25) is 0 Å². The highest BCUT2D eigenvalue weighted by atomic mass is 32.2. The summed E-state index contributed by atoms with van der Waals surface area (Å²) in [4.78, 5) is 2.49. The SMILES string of the molecule is C=C(C=Cc1ccc(C2CCCN2CCn2nc(OS(C)(=O)=O)c(C)c2CC(C)(C)C)cc1)OC. The van der Waals surface area contributed by atoms with Crippen LogP contribution in [0, 0.1) is 12.3 Å². The van der Waals surface area contributed by atoms with E-state index in [2.05, 4.69) is 61.6 Å². The lowest BCUT2D eigenvalue weighted by Crippen LogP contribution is -2.28. The Kier molecular flexibility index (Phi) is 8.49. The zero-order valence-electron chi connectivity index (χ0n) is 21.9. The summed E-state index contributed by atoms with van der Waals surface area (Å²) in [7, 11) is -2.03. The second-order valence-electron chi connectivity index (χ2n) is 10.5. The first-order valence-electron chi connectivity index (χ1n) is 12.1. The first-order valence-corrected chi connectivity index (χ1v) is 13.9. The van der Waals surface area contributed by atoms with Gasteiger partial charge in [-0.3, -0.25) is 9.58 Å². The second-order valence-corrected chi connectivity index (χ2v) is 12.1. The number of nitrogens with zero attached hydrogens (tertiary/aromatic N) is 3. The molecule has 0 aliphatic carbocycles. The normalized spacial score (nSPS) is 17.3. The van der Waals surface area contributed by atoms with Crippen molar-refractivity contribution in [2.75, 3.05) is 26.5 Å². The molecule has 192 valence electrons. The molecule has 3 rings (SSSR count). The van der Waals surface area contributed by atoms with Crippen LogP contribution in [0.3, 0.4) is 0 Å². The maximum absolute atomic E-state index is 11.7. The predicted octanol–water partition coefficient (Wildman–Crippen LogP) is 5.13. The average Bonchev–Trinajstić information content (AvgIpc) is 3.34. The van der Waals surface area contributed by atoms with Gasteiger partial charge in [-0.05, 0) is 55.3 Å². The minimum atomic E-state index is -3.64. The molecule has 0 bridgehead atoms. The smallest absolute Gasteiger partial charge is 0.307 e. The number of benzene rings is 1. The second kappa shape index (κ2) is 11.0. The van der Waals surface area contributed by atoms with Crippen LogP contribution in [-0.4, -0.2) is 49.6 Å². The lowest BCUT2D eigenvalue weighted by molar-refractivity contribution is 0.240. The zero-order valence-corrected chi connectivity index (χ0v) is 22.7. The van der Waals surface area contributed by atoms with Crippen molar-refractivity contribution in [2.45, 2.75) is 59.5 Å². The summed E-state index contributed by atoms with van der Waals surface area (Å²) in [6, 6.07) is 8.99. The maximum atomic E-state index is 11.7. The summed E-state index contributed by atoms with van der Waals surface area (Å²) in [5.74, 6) is 0.811. The van der Waals surface area contributed by atoms with Crippen LogP contribution in [0.1, 0.15) is 62.0 Å². The van der Waals surface area contributed by atoms with E-state index in [4.69, 9.17) is 8.92 Å². The maximum Gasteiger partial charge on any atom is 0.307 e. The highest BCUT2D eigenvalue weighted by Gasteiger charge is 2.27. The van der Waals surface area contributed by atoms with Gasteiger partial charge in [0.15, 0.2) is 0 Å². The number of ether oxygens (including phenoxy) is 1. The topological polar surface area (TPSA) is 73.7 Å². The number of rotatable bonds is 10. The van der Waals surface area contributed by atoms with Gasteiger partial charge < -0.3 is 8.92 Å². The molecule has 0 radical (unpaired) electrons. The molecule has 1 atom stereocenters. The monoisotopic (exact) mass is 501 g/mol.